The lowest BCUT2D eigenvalue weighted by atomic mass is 9.78. The smallest absolute Gasteiger partial charge is 0.273 e. The van der Waals surface area contributed by atoms with Crippen molar-refractivity contribution in [3.05, 3.63) is 138 Å². The highest BCUT2D eigenvalue weighted by molar-refractivity contribution is 6.22. The average molecular weight is 605 g/mol. The molecule has 1 heterocycles. The fourth-order valence-corrected chi connectivity index (χ4v) is 5.89. The Kier molecular flexibility index (Phi) is 8.18. The normalized spacial score (nSPS) is 11.2. The molecule has 7 heteroatoms. The van der Waals surface area contributed by atoms with Gasteiger partial charge in [0, 0.05) is 30.2 Å². The molecule has 0 saturated carbocycles. The average Bonchev–Trinajstić information content (AvgIpc) is 3.06. The Labute approximate surface area is 258 Å². The van der Waals surface area contributed by atoms with Gasteiger partial charge in [-0.3, -0.25) is 9.78 Å². The van der Waals surface area contributed by atoms with Gasteiger partial charge in [0.05, 0.1) is 0 Å². The van der Waals surface area contributed by atoms with Crippen molar-refractivity contribution in [2.45, 2.75) is 13.8 Å². The number of carbonyl (C=O) groups is 1. The van der Waals surface area contributed by atoms with Crippen molar-refractivity contribution >= 4 is 16.7 Å². The molecule has 0 saturated heterocycles. The zero-order valence-electron chi connectivity index (χ0n) is 24.6. The van der Waals surface area contributed by atoms with E-state index in [-0.39, 0.29) is 11.6 Å². The summed E-state index contributed by atoms with van der Waals surface area (Å²) in [4.78, 5) is 20.4. The first-order valence-electron chi connectivity index (χ1n) is 14.6. The third kappa shape index (κ3) is 5.57. The maximum Gasteiger partial charge on any atom is 0.273 e. The lowest BCUT2D eigenvalue weighted by molar-refractivity contribution is 0.0769. The van der Waals surface area contributed by atoms with Gasteiger partial charge < -0.3 is 4.90 Å². The van der Waals surface area contributed by atoms with Crippen LogP contribution >= 0.6 is 0 Å². The molecule has 1 aromatic heterocycles. The molecule has 0 spiro atoms. The van der Waals surface area contributed by atoms with Crippen LogP contribution in [0.3, 0.4) is 0 Å². The Bertz CT molecular complexity index is 2000. The van der Waals surface area contributed by atoms with E-state index in [2.05, 4.69) is 4.98 Å². The van der Waals surface area contributed by atoms with Gasteiger partial charge in [0.15, 0.2) is 0 Å². The minimum Gasteiger partial charge on any atom is -0.338 e. The highest BCUT2D eigenvalue weighted by atomic mass is 19.1. The van der Waals surface area contributed by atoms with Gasteiger partial charge in [0.25, 0.3) is 5.91 Å². The lowest BCUT2D eigenvalue weighted by Gasteiger charge is -2.26. The van der Waals surface area contributed by atoms with Crippen LogP contribution in [0.25, 0.3) is 55.3 Å². The lowest BCUT2D eigenvalue weighted by Crippen LogP contribution is -2.31. The van der Waals surface area contributed by atoms with E-state index in [4.69, 9.17) is 0 Å². The topological polar surface area (TPSA) is 33.2 Å². The van der Waals surface area contributed by atoms with Crippen LogP contribution < -0.4 is 0 Å². The number of carbonyl (C=O) groups excluding carboxylic acids is 1. The fourth-order valence-electron chi connectivity index (χ4n) is 5.89. The predicted molar refractivity (Wildman–Crippen MR) is 171 cm³/mol. The molecule has 5 aromatic carbocycles. The van der Waals surface area contributed by atoms with E-state index in [0.29, 0.717) is 68.4 Å². The summed E-state index contributed by atoms with van der Waals surface area (Å²) in [5, 5.41) is 1.14. The van der Waals surface area contributed by atoms with E-state index in [1.165, 1.54) is 48.5 Å². The molecule has 0 aliphatic carbocycles. The molecular formula is C38H28F4N2O. The zero-order valence-corrected chi connectivity index (χ0v) is 24.6. The van der Waals surface area contributed by atoms with E-state index < -0.39 is 23.3 Å². The minimum atomic E-state index is -0.441. The number of fused-ring (bicyclic) bond motifs is 1. The van der Waals surface area contributed by atoms with Gasteiger partial charge in [-0.1, -0.05) is 48.5 Å². The number of nitrogens with zero attached hydrogens (tertiary/aromatic N) is 2. The molecule has 0 unspecified atom stereocenters. The summed E-state index contributed by atoms with van der Waals surface area (Å²) in [6.07, 6.45) is 1.56. The van der Waals surface area contributed by atoms with Gasteiger partial charge in [0.2, 0.25) is 0 Å². The fraction of sp³-hybridized carbons (Fsp3) is 0.105. The number of pyridine rings is 1. The van der Waals surface area contributed by atoms with E-state index in [1.54, 1.807) is 65.7 Å². The van der Waals surface area contributed by atoms with Gasteiger partial charge in [-0.15, -0.1) is 0 Å². The summed E-state index contributed by atoms with van der Waals surface area (Å²) in [6, 6.07) is 25.7. The van der Waals surface area contributed by atoms with Crippen molar-refractivity contribution in [3.63, 3.8) is 0 Å². The highest BCUT2D eigenvalue weighted by Gasteiger charge is 2.28. The summed E-state index contributed by atoms with van der Waals surface area (Å²) in [7, 11) is 0. The number of benzene rings is 5. The first-order chi connectivity index (χ1) is 21.8. The van der Waals surface area contributed by atoms with Crippen molar-refractivity contribution in [1.82, 2.24) is 9.88 Å². The van der Waals surface area contributed by atoms with Crippen molar-refractivity contribution < 1.29 is 22.4 Å². The molecule has 0 fully saturated rings. The van der Waals surface area contributed by atoms with Crippen LogP contribution in [-0.4, -0.2) is 28.9 Å². The molecule has 0 aliphatic heterocycles. The molecule has 45 heavy (non-hydrogen) atoms. The van der Waals surface area contributed by atoms with Gasteiger partial charge >= 0.3 is 0 Å². The van der Waals surface area contributed by atoms with Crippen LogP contribution in [0, 0.1) is 23.3 Å². The van der Waals surface area contributed by atoms with Crippen LogP contribution in [0.2, 0.25) is 0 Å². The zero-order chi connectivity index (χ0) is 31.7. The van der Waals surface area contributed by atoms with Crippen LogP contribution in [0.15, 0.2) is 109 Å². The maximum atomic E-state index is 14.3. The van der Waals surface area contributed by atoms with Crippen molar-refractivity contribution in [2.75, 3.05) is 13.1 Å². The summed E-state index contributed by atoms with van der Waals surface area (Å²) >= 11 is 0. The molecule has 1 amide bonds. The summed E-state index contributed by atoms with van der Waals surface area (Å²) in [6.45, 7) is 4.66. The van der Waals surface area contributed by atoms with Gasteiger partial charge in [0.1, 0.15) is 29.0 Å². The summed E-state index contributed by atoms with van der Waals surface area (Å²) < 4.78 is 57.2. The second-order valence-corrected chi connectivity index (χ2v) is 10.6. The van der Waals surface area contributed by atoms with Crippen molar-refractivity contribution in [3.8, 4) is 44.5 Å². The van der Waals surface area contributed by atoms with Crippen LogP contribution in [0.5, 0.6) is 0 Å². The third-order valence-electron chi connectivity index (χ3n) is 8.01. The number of amides is 1. The van der Waals surface area contributed by atoms with E-state index in [0.717, 1.165) is 0 Å². The predicted octanol–water partition coefficient (Wildman–Crippen LogP) is 9.94. The molecule has 0 radical (unpaired) electrons. The summed E-state index contributed by atoms with van der Waals surface area (Å²) in [5.41, 5.74) is 5.13. The Morgan fingerprint density at radius 2 is 0.889 bits per heavy atom. The number of rotatable bonds is 7. The van der Waals surface area contributed by atoms with Gasteiger partial charge in [-0.2, -0.15) is 0 Å². The quantitative estimate of drug-likeness (QED) is 0.170. The standard InChI is InChI=1S/C38H28F4N2O/c1-3-44(4-2)38(45)37-36-31(21-22-43-37)32(23-5-13-27(39)14-6-23)33(24-7-15-28(40)16-8-24)34(25-9-17-29(41)18-10-25)35(36)26-11-19-30(42)20-12-26/h5-22H,3-4H2,1-2H3. The summed E-state index contributed by atoms with van der Waals surface area (Å²) in [5.74, 6) is -2.03. The first kappa shape index (κ1) is 29.8. The third-order valence-corrected chi connectivity index (χ3v) is 8.01. The molecule has 0 N–H and O–H groups in total. The van der Waals surface area contributed by atoms with Gasteiger partial charge in [-0.25, -0.2) is 17.6 Å². The minimum absolute atomic E-state index is 0.188. The number of hydrogen-bond donors (Lipinski definition) is 0. The number of hydrogen-bond acceptors (Lipinski definition) is 2. The van der Waals surface area contributed by atoms with Crippen LogP contribution in [0.4, 0.5) is 17.6 Å². The second kappa shape index (κ2) is 12.4. The van der Waals surface area contributed by atoms with E-state index in [1.807, 2.05) is 13.8 Å². The van der Waals surface area contributed by atoms with E-state index >= 15 is 0 Å². The van der Waals surface area contributed by atoms with Crippen molar-refractivity contribution in [2.24, 2.45) is 0 Å². The molecule has 224 valence electrons. The Morgan fingerprint density at radius 1 is 0.533 bits per heavy atom. The Morgan fingerprint density at radius 3 is 1.29 bits per heavy atom. The van der Waals surface area contributed by atoms with Crippen molar-refractivity contribution in [1.29, 1.82) is 0 Å². The maximum absolute atomic E-state index is 14.3. The van der Waals surface area contributed by atoms with Crippen LogP contribution in [-0.2, 0) is 0 Å². The van der Waals surface area contributed by atoms with E-state index in [9.17, 15) is 22.4 Å². The number of aromatic nitrogens is 1. The molecular weight excluding hydrogens is 576 g/mol. The largest absolute Gasteiger partial charge is 0.338 e. The molecule has 0 atom stereocenters. The molecule has 0 aliphatic rings. The molecule has 3 nitrogen and oxygen atoms in total. The van der Waals surface area contributed by atoms with Gasteiger partial charge in [-0.05, 0) is 113 Å². The molecule has 6 aromatic rings. The monoisotopic (exact) mass is 604 g/mol. The highest BCUT2D eigenvalue weighted by Crippen LogP contribution is 2.51. The Balaban J connectivity index is 1.92. The van der Waals surface area contributed by atoms with Crippen LogP contribution in [0.1, 0.15) is 24.3 Å². The second-order valence-electron chi connectivity index (χ2n) is 10.6. The molecule has 6 rings (SSSR count). The first-order valence-corrected chi connectivity index (χ1v) is 14.6. The SMILES string of the molecule is CCN(CC)C(=O)c1nccc2c(-c3ccc(F)cc3)c(-c3ccc(F)cc3)c(-c3ccc(F)cc3)c(-c3ccc(F)cc3)c12. The molecule has 0 bridgehead atoms. The number of halogens is 4. The Hall–Kier alpha value is -5.30.